The molecule has 1 amide bonds. The first kappa shape index (κ1) is 27.5. The van der Waals surface area contributed by atoms with Gasteiger partial charge in [0.15, 0.2) is 0 Å². The SMILES string of the molecule is CCOc1ccc(-c2ccc(OC)cc2)cc1CN(C(=O)c1sc2ccccc2c1Cl)[C@H]1CC[C@H](NC)CC1. The maximum atomic E-state index is 14.3. The third-order valence-corrected chi connectivity index (χ3v) is 9.32. The molecule has 3 aromatic carbocycles. The number of ether oxygens (including phenoxy) is 2. The summed E-state index contributed by atoms with van der Waals surface area (Å²) in [4.78, 5) is 16.9. The Hall–Kier alpha value is -3.06. The number of rotatable bonds is 9. The smallest absolute Gasteiger partial charge is 0.266 e. The summed E-state index contributed by atoms with van der Waals surface area (Å²) in [5, 5.41) is 4.89. The summed E-state index contributed by atoms with van der Waals surface area (Å²) in [5.74, 6) is 1.62. The zero-order valence-electron chi connectivity index (χ0n) is 22.7. The van der Waals surface area contributed by atoms with Gasteiger partial charge in [-0.1, -0.05) is 48.0 Å². The predicted molar refractivity (Wildman–Crippen MR) is 161 cm³/mol. The van der Waals surface area contributed by atoms with E-state index in [1.165, 1.54) is 11.3 Å². The van der Waals surface area contributed by atoms with E-state index in [1.54, 1.807) is 7.11 Å². The van der Waals surface area contributed by atoms with E-state index in [-0.39, 0.29) is 11.9 Å². The number of hydrogen-bond donors (Lipinski definition) is 1. The first-order chi connectivity index (χ1) is 19.0. The van der Waals surface area contributed by atoms with E-state index in [4.69, 9.17) is 21.1 Å². The van der Waals surface area contributed by atoms with E-state index < -0.39 is 0 Å². The number of benzene rings is 3. The Labute approximate surface area is 239 Å². The van der Waals surface area contributed by atoms with E-state index in [9.17, 15) is 4.79 Å². The summed E-state index contributed by atoms with van der Waals surface area (Å²) in [5.41, 5.74) is 3.15. The van der Waals surface area contributed by atoms with Crippen LogP contribution in [-0.2, 0) is 6.54 Å². The van der Waals surface area contributed by atoms with E-state index in [2.05, 4.69) is 29.6 Å². The molecule has 0 radical (unpaired) electrons. The lowest BCUT2D eigenvalue weighted by Crippen LogP contribution is -2.44. The molecule has 5 nitrogen and oxygen atoms in total. The monoisotopic (exact) mass is 562 g/mol. The van der Waals surface area contributed by atoms with Crippen molar-refractivity contribution in [3.8, 4) is 22.6 Å². The number of methoxy groups -OCH3 is 1. The zero-order valence-corrected chi connectivity index (χ0v) is 24.3. The largest absolute Gasteiger partial charge is 0.497 e. The predicted octanol–water partition coefficient (Wildman–Crippen LogP) is 7.80. The fourth-order valence-corrected chi connectivity index (χ4v) is 6.94. The second-order valence-corrected chi connectivity index (χ2v) is 11.4. The Morgan fingerprint density at radius 1 is 1.03 bits per heavy atom. The number of carbonyl (C=O) groups is 1. The lowest BCUT2D eigenvalue weighted by Gasteiger charge is -2.37. The summed E-state index contributed by atoms with van der Waals surface area (Å²) >= 11 is 8.29. The number of amides is 1. The van der Waals surface area contributed by atoms with Gasteiger partial charge in [-0.25, -0.2) is 0 Å². The maximum Gasteiger partial charge on any atom is 0.266 e. The Morgan fingerprint density at radius 3 is 2.41 bits per heavy atom. The van der Waals surface area contributed by atoms with Crippen molar-refractivity contribution in [2.24, 2.45) is 0 Å². The normalized spacial score (nSPS) is 17.2. The molecule has 0 unspecified atom stereocenters. The van der Waals surface area contributed by atoms with E-state index in [0.29, 0.717) is 29.1 Å². The lowest BCUT2D eigenvalue weighted by atomic mass is 9.89. The molecule has 7 heteroatoms. The van der Waals surface area contributed by atoms with Crippen molar-refractivity contribution in [1.82, 2.24) is 10.2 Å². The summed E-state index contributed by atoms with van der Waals surface area (Å²) in [6.45, 7) is 3.00. The first-order valence-electron chi connectivity index (χ1n) is 13.6. The van der Waals surface area contributed by atoms with Gasteiger partial charge in [-0.3, -0.25) is 4.79 Å². The summed E-state index contributed by atoms with van der Waals surface area (Å²) in [6.07, 6.45) is 3.97. The van der Waals surface area contributed by atoms with E-state index in [0.717, 1.165) is 64.0 Å². The van der Waals surface area contributed by atoms with Crippen LogP contribution in [0.1, 0.15) is 47.8 Å². The first-order valence-corrected chi connectivity index (χ1v) is 14.8. The molecule has 1 aliphatic rings. The van der Waals surface area contributed by atoms with Crippen LogP contribution in [0.4, 0.5) is 0 Å². The van der Waals surface area contributed by atoms with E-state index in [1.807, 2.05) is 61.3 Å². The molecule has 1 heterocycles. The number of carbonyl (C=O) groups excluding carboxylic acids is 1. The van der Waals surface area contributed by atoms with Crippen LogP contribution in [0, 0.1) is 0 Å². The summed E-state index contributed by atoms with van der Waals surface area (Å²) < 4.78 is 12.4. The number of nitrogens with zero attached hydrogens (tertiary/aromatic N) is 1. The molecule has 1 aliphatic carbocycles. The molecule has 1 saturated carbocycles. The van der Waals surface area contributed by atoms with Gasteiger partial charge in [-0.15, -0.1) is 11.3 Å². The molecule has 0 spiro atoms. The van der Waals surface area contributed by atoms with Crippen LogP contribution in [0.25, 0.3) is 21.2 Å². The van der Waals surface area contributed by atoms with Crippen LogP contribution in [0.2, 0.25) is 5.02 Å². The highest BCUT2D eigenvalue weighted by atomic mass is 35.5. The van der Waals surface area contributed by atoms with Crippen molar-refractivity contribution < 1.29 is 14.3 Å². The van der Waals surface area contributed by atoms with Gasteiger partial charge in [-0.05, 0) is 81.1 Å². The van der Waals surface area contributed by atoms with E-state index >= 15 is 0 Å². The molecule has 1 fully saturated rings. The molecule has 39 heavy (non-hydrogen) atoms. The average molecular weight is 563 g/mol. The zero-order chi connectivity index (χ0) is 27.4. The van der Waals surface area contributed by atoms with Crippen LogP contribution in [0.15, 0.2) is 66.7 Å². The molecular formula is C32H35ClN2O3S. The highest BCUT2D eigenvalue weighted by Gasteiger charge is 2.32. The molecule has 4 aromatic rings. The quantitative estimate of drug-likeness (QED) is 0.226. The Bertz CT molecular complexity index is 1430. The van der Waals surface area contributed by atoms with Gasteiger partial charge in [0.05, 0.1) is 18.7 Å². The Morgan fingerprint density at radius 2 is 1.74 bits per heavy atom. The van der Waals surface area contributed by atoms with Gasteiger partial charge in [0.25, 0.3) is 5.91 Å². The topological polar surface area (TPSA) is 50.8 Å². The number of nitrogens with one attached hydrogen (secondary N) is 1. The van der Waals surface area contributed by atoms with Crippen molar-refractivity contribution >= 4 is 38.9 Å². The van der Waals surface area contributed by atoms with Gasteiger partial charge < -0.3 is 19.7 Å². The fraction of sp³-hybridized carbons (Fsp3) is 0.344. The minimum Gasteiger partial charge on any atom is -0.497 e. The molecule has 0 bridgehead atoms. The van der Waals surface area contributed by atoms with Crippen molar-refractivity contribution in [3.05, 3.63) is 82.2 Å². The van der Waals surface area contributed by atoms with Gasteiger partial charge in [0.2, 0.25) is 0 Å². The molecule has 0 atom stereocenters. The highest BCUT2D eigenvalue weighted by molar-refractivity contribution is 7.21. The summed E-state index contributed by atoms with van der Waals surface area (Å²) in [7, 11) is 3.69. The van der Waals surface area contributed by atoms with Gasteiger partial charge >= 0.3 is 0 Å². The number of fused-ring (bicyclic) bond motifs is 1. The maximum absolute atomic E-state index is 14.3. The average Bonchev–Trinajstić information content (AvgIpc) is 3.33. The Kier molecular flexibility index (Phi) is 8.75. The van der Waals surface area contributed by atoms with Crippen molar-refractivity contribution in [2.45, 2.75) is 51.2 Å². The fourth-order valence-electron chi connectivity index (χ4n) is 5.47. The summed E-state index contributed by atoms with van der Waals surface area (Å²) in [6, 6.07) is 22.9. The second kappa shape index (κ2) is 12.4. The molecule has 0 aliphatic heterocycles. The van der Waals surface area contributed by atoms with Crippen LogP contribution in [0.5, 0.6) is 11.5 Å². The van der Waals surface area contributed by atoms with Crippen LogP contribution < -0.4 is 14.8 Å². The number of hydrogen-bond acceptors (Lipinski definition) is 5. The van der Waals surface area contributed by atoms with Crippen molar-refractivity contribution in [3.63, 3.8) is 0 Å². The number of halogens is 1. The number of thiophene rings is 1. The standard InChI is InChI=1S/C32H35ClN2O3S/c1-4-38-28-18-11-22(21-9-16-26(37-3)17-10-21)19-23(28)20-35(25-14-12-24(34-2)13-15-25)32(36)31-30(33)27-7-5-6-8-29(27)39-31/h5-11,16-19,24-25,34H,4,12-15,20H2,1-3H3/t24-,25-. The second-order valence-electron chi connectivity index (χ2n) is 9.95. The van der Waals surface area contributed by atoms with Crippen molar-refractivity contribution in [1.29, 1.82) is 0 Å². The van der Waals surface area contributed by atoms with Gasteiger partial charge in [-0.2, -0.15) is 0 Å². The molecule has 1 aromatic heterocycles. The Balaban J connectivity index is 1.53. The third kappa shape index (κ3) is 5.93. The van der Waals surface area contributed by atoms with Crippen molar-refractivity contribution in [2.75, 3.05) is 20.8 Å². The highest BCUT2D eigenvalue weighted by Crippen LogP contribution is 2.38. The molecule has 204 valence electrons. The molecular weight excluding hydrogens is 528 g/mol. The molecule has 0 saturated heterocycles. The molecule has 1 N–H and O–H groups in total. The van der Waals surface area contributed by atoms with Crippen LogP contribution >= 0.6 is 22.9 Å². The molecule has 5 rings (SSSR count). The van der Waals surface area contributed by atoms with Crippen LogP contribution in [-0.4, -0.2) is 43.7 Å². The lowest BCUT2D eigenvalue weighted by molar-refractivity contribution is 0.0604. The van der Waals surface area contributed by atoms with Gasteiger partial charge in [0.1, 0.15) is 16.4 Å². The van der Waals surface area contributed by atoms with Gasteiger partial charge in [0, 0.05) is 34.3 Å². The third-order valence-electron chi connectivity index (χ3n) is 7.66. The minimum absolute atomic E-state index is 0.00796. The minimum atomic E-state index is -0.00796. The van der Waals surface area contributed by atoms with Crippen LogP contribution in [0.3, 0.4) is 0 Å².